The molecule has 0 radical (unpaired) electrons. The quantitative estimate of drug-likeness (QED) is 0.770. The maximum absolute atomic E-state index is 11.8. The zero-order chi connectivity index (χ0) is 15.8. The topological polar surface area (TPSA) is 84.9 Å². The van der Waals surface area contributed by atoms with E-state index in [2.05, 4.69) is 5.32 Å². The monoisotopic (exact) mass is 295 g/mol. The number of rotatable bonds is 8. The number of carbonyl (C=O) groups excluding carboxylic acids is 1. The molecule has 0 heterocycles. The zero-order valence-corrected chi connectivity index (χ0v) is 12.5. The third-order valence-corrected chi connectivity index (χ3v) is 2.80. The lowest BCUT2D eigenvalue weighted by molar-refractivity contribution is -0.138. The van der Waals surface area contributed by atoms with Gasteiger partial charge in [-0.15, -0.1) is 0 Å². The van der Waals surface area contributed by atoms with Crippen molar-refractivity contribution >= 4 is 17.6 Å². The Kier molecular flexibility index (Phi) is 6.52. The molecule has 1 amide bonds. The molecule has 0 spiro atoms. The molecule has 0 fully saturated rings. The van der Waals surface area contributed by atoms with Crippen molar-refractivity contribution in [3.63, 3.8) is 0 Å². The highest BCUT2D eigenvalue weighted by molar-refractivity contribution is 5.91. The van der Waals surface area contributed by atoms with E-state index >= 15 is 0 Å². The van der Waals surface area contributed by atoms with E-state index in [1.807, 2.05) is 6.92 Å². The van der Waals surface area contributed by atoms with Crippen molar-refractivity contribution in [3.05, 3.63) is 18.2 Å². The fraction of sp³-hybridized carbons (Fsp3) is 0.467. The number of hydrogen-bond acceptors (Lipinski definition) is 4. The zero-order valence-electron chi connectivity index (χ0n) is 12.5. The van der Waals surface area contributed by atoms with Crippen LogP contribution in [0.1, 0.15) is 26.7 Å². The lowest BCUT2D eigenvalue weighted by atomic mass is 10.0. The number of carbonyl (C=O) groups is 2. The van der Waals surface area contributed by atoms with E-state index in [-0.39, 0.29) is 24.7 Å². The lowest BCUT2D eigenvalue weighted by Crippen LogP contribution is -2.17. The summed E-state index contributed by atoms with van der Waals surface area (Å²) in [6.45, 7) is 4.13. The third kappa shape index (κ3) is 5.72. The number of methoxy groups -OCH3 is 1. The fourth-order valence-corrected chi connectivity index (χ4v) is 1.92. The lowest BCUT2D eigenvalue weighted by Gasteiger charge is -2.13. The van der Waals surface area contributed by atoms with Crippen LogP contribution in [0.5, 0.6) is 11.5 Å². The van der Waals surface area contributed by atoms with Gasteiger partial charge in [0, 0.05) is 24.6 Å². The Labute approximate surface area is 124 Å². The van der Waals surface area contributed by atoms with Crippen LogP contribution >= 0.6 is 0 Å². The molecule has 1 unspecified atom stereocenters. The van der Waals surface area contributed by atoms with Gasteiger partial charge >= 0.3 is 5.97 Å². The van der Waals surface area contributed by atoms with Crippen LogP contribution in [0.4, 0.5) is 5.69 Å². The van der Waals surface area contributed by atoms with Gasteiger partial charge in [-0.25, -0.2) is 0 Å². The third-order valence-electron chi connectivity index (χ3n) is 2.80. The summed E-state index contributed by atoms with van der Waals surface area (Å²) in [7, 11) is 1.53. The van der Waals surface area contributed by atoms with Gasteiger partial charge in [0.25, 0.3) is 0 Å². The van der Waals surface area contributed by atoms with Gasteiger partial charge in [0.05, 0.1) is 13.7 Å². The number of benzene rings is 1. The van der Waals surface area contributed by atoms with Gasteiger partial charge in [-0.2, -0.15) is 0 Å². The van der Waals surface area contributed by atoms with Gasteiger partial charge < -0.3 is 19.9 Å². The van der Waals surface area contributed by atoms with Crippen molar-refractivity contribution in [1.29, 1.82) is 0 Å². The van der Waals surface area contributed by atoms with Crippen molar-refractivity contribution in [2.24, 2.45) is 5.92 Å². The highest BCUT2D eigenvalue weighted by Crippen LogP contribution is 2.30. The molecule has 2 N–H and O–H groups in total. The number of aliphatic carboxylic acids is 1. The summed E-state index contributed by atoms with van der Waals surface area (Å²) in [4.78, 5) is 22.4. The van der Waals surface area contributed by atoms with Crippen molar-refractivity contribution in [2.75, 3.05) is 19.0 Å². The van der Waals surface area contributed by atoms with Crippen molar-refractivity contribution in [3.8, 4) is 11.5 Å². The second-order valence-corrected chi connectivity index (χ2v) is 4.75. The molecule has 21 heavy (non-hydrogen) atoms. The second-order valence-electron chi connectivity index (χ2n) is 4.75. The number of ether oxygens (including phenoxy) is 2. The summed E-state index contributed by atoms with van der Waals surface area (Å²) in [6.07, 6.45) is 0.127. The number of amides is 1. The largest absolute Gasteiger partial charge is 0.493 e. The van der Waals surface area contributed by atoms with Gasteiger partial charge in [-0.05, 0) is 25.0 Å². The van der Waals surface area contributed by atoms with Gasteiger partial charge in [-0.3, -0.25) is 9.59 Å². The molecule has 1 aromatic carbocycles. The first kappa shape index (κ1) is 16.8. The summed E-state index contributed by atoms with van der Waals surface area (Å²) in [6, 6.07) is 5.11. The molecular formula is C15H21NO5. The minimum absolute atomic E-state index is 0.0278. The van der Waals surface area contributed by atoms with Crippen LogP contribution in [0.2, 0.25) is 0 Å². The van der Waals surface area contributed by atoms with Gasteiger partial charge in [0.15, 0.2) is 11.5 Å². The molecule has 0 saturated carbocycles. The van der Waals surface area contributed by atoms with Crippen LogP contribution in [0.3, 0.4) is 0 Å². The van der Waals surface area contributed by atoms with E-state index < -0.39 is 5.97 Å². The Hall–Kier alpha value is -2.24. The summed E-state index contributed by atoms with van der Waals surface area (Å²) in [5, 5.41) is 11.4. The number of carboxylic acids is 1. The number of anilines is 1. The molecule has 1 aromatic rings. The van der Waals surface area contributed by atoms with Crippen molar-refractivity contribution in [2.45, 2.75) is 26.7 Å². The normalized spacial score (nSPS) is 11.6. The van der Waals surface area contributed by atoms with E-state index in [1.165, 1.54) is 7.11 Å². The first-order chi connectivity index (χ1) is 9.96. The van der Waals surface area contributed by atoms with E-state index in [4.69, 9.17) is 14.6 Å². The highest BCUT2D eigenvalue weighted by atomic mass is 16.5. The average Bonchev–Trinajstić information content (AvgIpc) is 2.39. The highest BCUT2D eigenvalue weighted by Gasteiger charge is 2.13. The number of hydrogen-bond donors (Lipinski definition) is 2. The first-order valence-corrected chi connectivity index (χ1v) is 6.78. The van der Waals surface area contributed by atoms with E-state index in [0.29, 0.717) is 23.8 Å². The fourth-order valence-electron chi connectivity index (χ4n) is 1.92. The Morgan fingerprint density at radius 1 is 1.29 bits per heavy atom. The maximum atomic E-state index is 11.8. The summed E-state index contributed by atoms with van der Waals surface area (Å²) in [5.41, 5.74) is 0.586. The molecule has 6 nitrogen and oxygen atoms in total. The molecule has 0 aliphatic rings. The maximum Gasteiger partial charge on any atom is 0.303 e. The van der Waals surface area contributed by atoms with Gasteiger partial charge in [0.2, 0.25) is 5.91 Å². The predicted molar refractivity (Wildman–Crippen MR) is 78.8 cm³/mol. The minimum Gasteiger partial charge on any atom is -0.493 e. The van der Waals surface area contributed by atoms with Crippen LogP contribution < -0.4 is 14.8 Å². The Morgan fingerprint density at radius 2 is 2.00 bits per heavy atom. The van der Waals surface area contributed by atoms with E-state index in [1.54, 1.807) is 25.1 Å². The minimum atomic E-state index is -0.905. The van der Waals surface area contributed by atoms with Crippen molar-refractivity contribution < 1.29 is 24.2 Å². The molecule has 0 bridgehead atoms. The Bertz CT molecular complexity index is 501. The molecule has 1 atom stereocenters. The van der Waals surface area contributed by atoms with Crippen LogP contribution in [0.25, 0.3) is 0 Å². The number of carboxylic acid groups (broad SMARTS) is 1. The molecule has 0 saturated heterocycles. The molecule has 0 aliphatic carbocycles. The van der Waals surface area contributed by atoms with Gasteiger partial charge in [0.1, 0.15) is 0 Å². The van der Waals surface area contributed by atoms with E-state index in [9.17, 15) is 9.59 Å². The van der Waals surface area contributed by atoms with Crippen LogP contribution in [0.15, 0.2) is 18.2 Å². The molecular weight excluding hydrogens is 274 g/mol. The molecule has 0 aliphatic heterocycles. The summed E-state index contributed by atoms with van der Waals surface area (Å²) in [5.74, 6) is -0.203. The number of nitrogens with one attached hydrogen (secondary N) is 1. The Balaban J connectivity index is 2.65. The van der Waals surface area contributed by atoms with Crippen LogP contribution in [-0.4, -0.2) is 30.7 Å². The van der Waals surface area contributed by atoms with Gasteiger partial charge in [-0.1, -0.05) is 6.92 Å². The van der Waals surface area contributed by atoms with Crippen molar-refractivity contribution in [1.82, 2.24) is 0 Å². The second kappa shape index (κ2) is 8.14. The standard InChI is InChI=1S/C15H21NO5/c1-4-21-12-6-5-11(9-13(12)20-3)16-14(17)7-10(2)8-15(18)19/h5-6,9-10H,4,7-8H2,1-3H3,(H,16,17)(H,18,19). The smallest absolute Gasteiger partial charge is 0.303 e. The molecule has 116 valence electrons. The van der Waals surface area contributed by atoms with Crippen LogP contribution in [0, 0.1) is 5.92 Å². The van der Waals surface area contributed by atoms with Crippen LogP contribution in [-0.2, 0) is 9.59 Å². The Morgan fingerprint density at radius 3 is 2.57 bits per heavy atom. The first-order valence-electron chi connectivity index (χ1n) is 6.78. The molecule has 1 rings (SSSR count). The average molecular weight is 295 g/mol. The summed E-state index contributed by atoms with van der Waals surface area (Å²) >= 11 is 0. The van der Waals surface area contributed by atoms with E-state index in [0.717, 1.165) is 0 Å². The predicted octanol–water partition coefficient (Wildman–Crippen LogP) is 2.53. The molecule has 6 heteroatoms. The summed E-state index contributed by atoms with van der Waals surface area (Å²) < 4.78 is 10.6. The molecule has 0 aromatic heterocycles. The SMILES string of the molecule is CCOc1ccc(NC(=O)CC(C)CC(=O)O)cc1OC.